The Kier molecular flexibility index (Phi) is 3.97. The summed E-state index contributed by atoms with van der Waals surface area (Å²) < 4.78 is 35.8. The van der Waals surface area contributed by atoms with Gasteiger partial charge in [-0.25, -0.2) is 0 Å². The van der Waals surface area contributed by atoms with E-state index in [1.165, 1.54) is 0 Å². The molecule has 16 heavy (non-hydrogen) atoms. The van der Waals surface area contributed by atoms with E-state index in [1.807, 2.05) is 32.9 Å². The number of hydrogen-bond acceptors (Lipinski definition) is 1. The Morgan fingerprint density at radius 1 is 1.06 bits per heavy atom. The first-order chi connectivity index (χ1) is 7.31. The summed E-state index contributed by atoms with van der Waals surface area (Å²) in [4.78, 5) is 0. The number of rotatable bonds is 3. The highest BCUT2D eigenvalue weighted by molar-refractivity contribution is 5.38. The molecule has 0 fully saturated rings. The van der Waals surface area contributed by atoms with Crippen molar-refractivity contribution in [2.75, 3.05) is 6.54 Å². The predicted octanol–water partition coefficient (Wildman–Crippen LogP) is 3.26. The highest BCUT2D eigenvalue weighted by atomic mass is 19.4. The Morgan fingerprint density at radius 3 is 2.25 bits per heavy atom. The zero-order chi connectivity index (χ0) is 12.3. The zero-order valence-electron chi connectivity index (χ0n) is 9.70. The Bertz CT molecular complexity index is 369. The molecule has 0 atom stereocenters. The minimum Gasteiger partial charge on any atom is -0.305 e. The molecule has 1 rings (SSSR count). The van der Waals surface area contributed by atoms with Crippen molar-refractivity contribution in [3.8, 4) is 0 Å². The number of aryl methyl sites for hydroxylation is 1. The van der Waals surface area contributed by atoms with Gasteiger partial charge in [-0.15, -0.1) is 0 Å². The Balaban J connectivity index is 2.65. The van der Waals surface area contributed by atoms with Crippen LogP contribution in [0.15, 0.2) is 12.1 Å². The maximum atomic E-state index is 11.9. The third kappa shape index (κ3) is 3.52. The molecule has 1 nitrogen and oxygen atoms in total. The molecule has 0 aromatic heterocycles. The fourth-order valence-electron chi connectivity index (χ4n) is 1.54. The summed E-state index contributed by atoms with van der Waals surface area (Å²) in [6.07, 6.45) is -4.15. The number of halogens is 3. The summed E-state index contributed by atoms with van der Waals surface area (Å²) in [5.41, 5.74) is 4.30. The maximum Gasteiger partial charge on any atom is 0.401 e. The van der Waals surface area contributed by atoms with E-state index >= 15 is 0 Å². The summed E-state index contributed by atoms with van der Waals surface area (Å²) in [5.74, 6) is 0. The van der Waals surface area contributed by atoms with Crippen molar-refractivity contribution in [3.63, 3.8) is 0 Å². The van der Waals surface area contributed by atoms with Gasteiger partial charge in [-0.2, -0.15) is 13.2 Å². The van der Waals surface area contributed by atoms with Crippen LogP contribution < -0.4 is 5.32 Å². The molecule has 0 radical (unpaired) electrons. The van der Waals surface area contributed by atoms with Crippen LogP contribution in [0.4, 0.5) is 13.2 Å². The molecule has 0 unspecified atom stereocenters. The van der Waals surface area contributed by atoms with E-state index in [0.717, 1.165) is 22.3 Å². The number of nitrogens with one attached hydrogen (secondary N) is 1. The van der Waals surface area contributed by atoms with Crippen LogP contribution in [0.3, 0.4) is 0 Å². The lowest BCUT2D eigenvalue weighted by atomic mass is 9.99. The lowest BCUT2D eigenvalue weighted by Gasteiger charge is -2.13. The van der Waals surface area contributed by atoms with Gasteiger partial charge in [-0.3, -0.25) is 0 Å². The summed E-state index contributed by atoms with van der Waals surface area (Å²) in [6.45, 7) is 5.23. The molecule has 1 aromatic carbocycles. The van der Waals surface area contributed by atoms with Crippen molar-refractivity contribution in [1.82, 2.24) is 5.32 Å². The molecule has 0 saturated carbocycles. The molecule has 4 heteroatoms. The van der Waals surface area contributed by atoms with Crippen LogP contribution in [0.25, 0.3) is 0 Å². The van der Waals surface area contributed by atoms with E-state index in [-0.39, 0.29) is 6.54 Å². The van der Waals surface area contributed by atoms with Crippen LogP contribution in [-0.4, -0.2) is 12.7 Å². The lowest BCUT2D eigenvalue weighted by Crippen LogP contribution is -2.28. The summed E-state index contributed by atoms with van der Waals surface area (Å²) in [5, 5.41) is 2.40. The Hall–Kier alpha value is -1.03. The van der Waals surface area contributed by atoms with Gasteiger partial charge in [0.25, 0.3) is 0 Å². The van der Waals surface area contributed by atoms with Crippen LogP contribution in [-0.2, 0) is 6.54 Å². The van der Waals surface area contributed by atoms with Gasteiger partial charge in [0.05, 0.1) is 6.54 Å². The van der Waals surface area contributed by atoms with E-state index in [9.17, 15) is 13.2 Å². The largest absolute Gasteiger partial charge is 0.401 e. The predicted molar refractivity (Wildman–Crippen MR) is 58.4 cm³/mol. The van der Waals surface area contributed by atoms with Crippen molar-refractivity contribution in [2.45, 2.75) is 33.5 Å². The van der Waals surface area contributed by atoms with Gasteiger partial charge in [-0.1, -0.05) is 12.1 Å². The van der Waals surface area contributed by atoms with E-state index in [2.05, 4.69) is 5.32 Å². The minimum absolute atomic E-state index is 0.256. The van der Waals surface area contributed by atoms with Crippen LogP contribution in [0, 0.1) is 20.8 Å². The average molecular weight is 231 g/mol. The molecule has 0 bridgehead atoms. The number of benzene rings is 1. The van der Waals surface area contributed by atoms with Gasteiger partial charge in [-0.05, 0) is 43.0 Å². The Morgan fingerprint density at radius 2 is 1.69 bits per heavy atom. The van der Waals surface area contributed by atoms with E-state index in [0.29, 0.717) is 0 Å². The first-order valence-electron chi connectivity index (χ1n) is 5.14. The van der Waals surface area contributed by atoms with Crippen molar-refractivity contribution in [3.05, 3.63) is 34.4 Å². The van der Waals surface area contributed by atoms with Crippen molar-refractivity contribution in [1.29, 1.82) is 0 Å². The first-order valence-corrected chi connectivity index (χ1v) is 5.14. The monoisotopic (exact) mass is 231 g/mol. The molecule has 0 saturated heterocycles. The Labute approximate surface area is 93.7 Å². The maximum absolute atomic E-state index is 11.9. The summed E-state index contributed by atoms with van der Waals surface area (Å²) >= 11 is 0. The summed E-state index contributed by atoms with van der Waals surface area (Å²) in [7, 11) is 0. The van der Waals surface area contributed by atoms with E-state index in [4.69, 9.17) is 0 Å². The highest BCUT2D eigenvalue weighted by Gasteiger charge is 2.26. The highest BCUT2D eigenvalue weighted by Crippen LogP contribution is 2.17. The molecule has 0 amide bonds. The van der Waals surface area contributed by atoms with Crippen LogP contribution in [0.5, 0.6) is 0 Å². The third-order valence-electron chi connectivity index (χ3n) is 2.81. The van der Waals surface area contributed by atoms with Crippen molar-refractivity contribution < 1.29 is 13.2 Å². The molecule has 0 aliphatic heterocycles. The third-order valence-corrected chi connectivity index (χ3v) is 2.81. The standard InChI is InChI=1S/C12H16F3N/c1-8-4-5-11(10(3)9(8)2)6-16-7-12(13,14)15/h4-5,16H,6-7H2,1-3H3. The molecule has 1 N–H and O–H groups in total. The van der Waals surface area contributed by atoms with E-state index in [1.54, 1.807) is 0 Å². The lowest BCUT2D eigenvalue weighted by molar-refractivity contribution is -0.125. The van der Waals surface area contributed by atoms with Crippen LogP contribution >= 0.6 is 0 Å². The molecule has 0 spiro atoms. The van der Waals surface area contributed by atoms with Gasteiger partial charge in [0.1, 0.15) is 0 Å². The number of alkyl halides is 3. The van der Waals surface area contributed by atoms with Gasteiger partial charge >= 0.3 is 6.18 Å². The van der Waals surface area contributed by atoms with Gasteiger partial charge < -0.3 is 5.32 Å². The smallest absolute Gasteiger partial charge is 0.305 e. The normalized spacial score (nSPS) is 11.9. The summed E-state index contributed by atoms with van der Waals surface area (Å²) in [6, 6.07) is 3.81. The topological polar surface area (TPSA) is 12.0 Å². The van der Waals surface area contributed by atoms with Gasteiger partial charge in [0, 0.05) is 6.54 Å². The van der Waals surface area contributed by atoms with Crippen LogP contribution in [0.2, 0.25) is 0 Å². The SMILES string of the molecule is Cc1ccc(CNCC(F)(F)F)c(C)c1C. The quantitative estimate of drug-likeness (QED) is 0.841. The molecule has 90 valence electrons. The van der Waals surface area contributed by atoms with Crippen molar-refractivity contribution in [2.24, 2.45) is 0 Å². The molecule has 0 heterocycles. The second-order valence-corrected chi connectivity index (χ2v) is 4.01. The molecule has 1 aromatic rings. The second-order valence-electron chi connectivity index (χ2n) is 4.01. The molecule has 0 aliphatic carbocycles. The minimum atomic E-state index is -4.15. The van der Waals surface area contributed by atoms with Gasteiger partial charge in [0.2, 0.25) is 0 Å². The zero-order valence-corrected chi connectivity index (χ0v) is 9.70. The average Bonchev–Trinajstić information content (AvgIpc) is 2.16. The first kappa shape index (κ1) is 13.0. The second kappa shape index (κ2) is 4.87. The van der Waals surface area contributed by atoms with Gasteiger partial charge in [0.15, 0.2) is 0 Å². The number of hydrogen-bond donors (Lipinski definition) is 1. The van der Waals surface area contributed by atoms with E-state index < -0.39 is 12.7 Å². The molecular formula is C12H16F3N. The molecule has 0 aliphatic rings. The van der Waals surface area contributed by atoms with Crippen molar-refractivity contribution >= 4 is 0 Å². The fourth-order valence-corrected chi connectivity index (χ4v) is 1.54. The van der Waals surface area contributed by atoms with Crippen LogP contribution in [0.1, 0.15) is 22.3 Å². The fraction of sp³-hybridized carbons (Fsp3) is 0.500. The molecular weight excluding hydrogens is 215 g/mol.